The zero-order valence-electron chi connectivity index (χ0n) is 7.09. The molecular formula is C9H13BO. The largest absolute Gasteiger partial charge is 0.449 e. The Morgan fingerprint density at radius 3 is 2.73 bits per heavy atom. The second-order valence-electron chi connectivity index (χ2n) is 2.78. The van der Waals surface area contributed by atoms with Crippen molar-refractivity contribution in [2.75, 3.05) is 0 Å². The fraction of sp³-hybridized carbons (Fsp3) is 0.333. The first kappa shape index (κ1) is 8.34. The van der Waals surface area contributed by atoms with Crippen LogP contribution < -0.4 is 5.46 Å². The van der Waals surface area contributed by atoms with E-state index in [0.717, 1.165) is 11.9 Å². The molecule has 2 heteroatoms. The summed E-state index contributed by atoms with van der Waals surface area (Å²) in [6.07, 6.45) is 0.998. The first-order valence-electron chi connectivity index (χ1n) is 3.97. The number of hydrogen-bond acceptors (Lipinski definition) is 1. The van der Waals surface area contributed by atoms with Crippen LogP contribution in [-0.4, -0.2) is 12.5 Å². The van der Waals surface area contributed by atoms with E-state index in [1.807, 2.05) is 12.1 Å². The lowest BCUT2D eigenvalue weighted by molar-refractivity contribution is 0.615. The summed E-state index contributed by atoms with van der Waals surface area (Å²) in [4.78, 5) is 0. The molecule has 58 valence electrons. The van der Waals surface area contributed by atoms with E-state index in [0.29, 0.717) is 0 Å². The van der Waals surface area contributed by atoms with Crippen LogP contribution in [0.2, 0.25) is 0 Å². The summed E-state index contributed by atoms with van der Waals surface area (Å²) in [6, 6.07) is 6.16. The zero-order chi connectivity index (χ0) is 8.27. The molecule has 1 aromatic rings. The normalized spacial score (nSPS) is 9.73. The molecule has 0 atom stereocenters. The molecule has 0 aliphatic heterocycles. The monoisotopic (exact) mass is 148 g/mol. The van der Waals surface area contributed by atoms with Crippen LogP contribution in [0.4, 0.5) is 0 Å². The molecule has 0 amide bonds. The molecule has 0 saturated heterocycles. The molecule has 1 N–H and O–H groups in total. The smallest absolute Gasteiger partial charge is 0.305 e. The molecule has 0 aliphatic carbocycles. The first-order valence-corrected chi connectivity index (χ1v) is 3.97. The maximum Gasteiger partial charge on any atom is 0.305 e. The lowest BCUT2D eigenvalue weighted by Crippen LogP contribution is -2.18. The van der Waals surface area contributed by atoms with E-state index >= 15 is 0 Å². The van der Waals surface area contributed by atoms with Gasteiger partial charge in [-0.2, -0.15) is 0 Å². The lowest BCUT2D eigenvalue weighted by atomic mass is 9.83. The van der Waals surface area contributed by atoms with Gasteiger partial charge in [0.15, 0.2) is 0 Å². The van der Waals surface area contributed by atoms with Gasteiger partial charge in [0.2, 0.25) is 0 Å². The summed E-state index contributed by atoms with van der Waals surface area (Å²) in [5.74, 6) is 0. The van der Waals surface area contributed by atoms with Crippen molar-refractivity contribution in [3.8, 4) is 0 Å². The molecular weight excluding hydrogens is 135 g/mol. The highest BCUT2D eigenvalue weighted by Crippen LogP contribution is 2.01. The van der Waals surface area contributed by atoms with Gasteiger partial charge in [-0.15, -0.1) is 0 Å². The topological polar surface area (TPSA) is 20.2 Å². The fourth-order valence-corrected chi connectivity index (χ4v) is 1.24. The quantitative estimate of drug-likeness (QED) is 0.606. The van der Waals surface area contributed by atoms with Crippen LogP contribution in [0.25, 0.3) is 0 Å². The number of rotatable bonds is 2. The standard InChI is InChI=1S/C9H13BO/c1-3-8-6-7(2)4-5-9(8)10-11/h4-6,10-11H,3H2,1-2H3. The molecule has 0 unspecified atom stereocenters. The van der Waals surface area contributed by atoms with Crippen molar-refractivity contribution in [2.45, 2.75) is 20.3 Å². The first-order chi connectivity index (χ1) is 5.27. The molecule has 0 spiro atoms. The van der Waals surface area contributed by atoms with E-state index in [-0.39, 0.29) is 7.48 Å². The minimum atomic E-state index is 0.156. The Hall–Kier alpha value is -0.755. The van der Waals surface area contributed by atoms with Gasteiger partial charge in [0, 0.05) is 0 Å². The zero-order valence-corrected chi connectivity index (χ0v) is 7.09. The van der Waals surface area contributed by atoms with Gasteiger partial charge in [-0.1, -0.05) is 36.2 Å². The maximum absolute atomic E-state index is 8.94. The lowest BCUT2D eigenvalue weighted by Gasteiger charge is -2.04. The van der Waals surface area contributed by atoms with Gasteiger partial charge in [-0.05, 0) is 18.8 Å². The third kappa shape index (κ3) is 1.84. The SMILES string of the molecule is CCc1cc(C)ccc1BO. The van der Waals surface area contributed by atoms with Crippen molar-refractivity contribution in [1.29, 1.82) is 0 Å². The molecule has 0 fully saturated rings. The van der Waals surface area contributed by atoms with Crippen LogP contribution in [0.15, 0.2) is 18.2 Å². The Labute approximate surface area is 68.3 Å². The number of benzene rings is 1. The summed E-state index contributed by atoms with van der Waals surface area (Å²) >= 11 is 0. The average Bonchev–Trinajstić information content (AvgIpc) is 2.04. The van der Waals surface area contributed by atoms with Crippen molar-refractivity contribution in [2.24, 2.45) is 0 Å². The van der Waals surface area contributed by atoms with Crippen LogP contribution >= 0.6 is 0 Å². The van der Waals surface area contributed by atoms with Crippen LogP contribution in [0.1, 0.15) is 18.1 Å². The van der Waals surface area contributed by atoms with Crippen LogP contribution in [0, 0.1) is 6.92 Å². The van der Waals surface area contributed by atoms with E-state index in [2.05, 4.69) is 19.9 Å². The highest BCUT2D eigenvalue weighted by molar-refractivity contribution is 6.46. The van der Waals surface area contributed by atoms with Crippen molar-refractivity contribution in [3.05, 3.63) is 29.3 Å². The van der Waals surface area contributed by atoms with E-state index < -0.39 is 0 Å². The Balaban J connectivity index is 3.06. The van der Waals surface area contributed by atoms with Gasteiger partial charge in [0.25, 0.3) is 0 Å². The van der Waals surface area contributed by atoms with Crippen LogP contribution in [0.3, 0.4) is 0 Å². The maximum atomic E-state index is 8.94. The molecule has 1 rings (SSSR count). The molecule has 0 heterocycles. The van der Waals surface area contributed by atoms with Crippen LogP contribution in [-0.2, 0) is 6.42 Å². The number of aryl methyl sites for hydroxylation is 2. The molecule has 1 aromatic carbocycles. The minimum Gasteiger partial charge on any atom is -0.449 e. The van der Waals surface area contributed by atoms with Gasteiger partial charge in [0.05, 0.1) is 0 Å². The van der Waals surface area contributed by atoms with Gasteiger partial charge < -0.3 is 5.02 Å². The third-order valence-electron chi connectivity index (χ3n) is 1.91. The fourth-order valence-electron chi connectivity index (χ4n) is 1.24. The number of hydrogen-bond donors (Lipinski definition) is 1. The van der Waals surface area contributed by atoms with Gasteiger partial charge >= 0.3 is 7.48 Å². The Kier molecular flexibility index (Phi) is 2.72. The van der Waals surface area contributed by atoms with Crippen molar-refractivity contribution in [1.82, 2.24) is 0 Å². The third-order valence-corrected chi connectivity index (χ3v) is 1.91. The molecule has 0 aliphatic rings. The summed E-state index contributed by atoms with van der Waals surface area (Å²) < 4.78 is 0. The molecule has 0 aromatic heterocycles. The Bertz CT molecular complexity index is 245. The highest BCUT2D eigenvalue weighted by Gasteiger charge is 1.99. The van der Waals surface area contributed by atoms with Crippen molar-refractivity contribution >= 4 is 12.9 Å². The predicted octanol–water partition coefficient (Wildman–Crippen LogP) is 0.527. The predicted molar refractivity (Wildman–Crippen MR) is 49.6 cm³/mol. The summed E-state index contributed by atoms with van der Waals surface area (Å²) in [5.41, 5.74) is 3.57. The second-order valence-corrected chi connectivity index (χ2v) is 2.78. The van der Waals surface area contributed by atoms with Crippen molar-refractivity contribution < 1.29 is 5.02 Å². The van der Waals surface area contributed by atoms with Gasteiger partial charge in [-0.3, -0.25) is 0 Å². The van der Waals surface area contributed by atoms with E-state index in [4.69, 9.17) is 5.02 Å². The molecule has 0 radical (unpaired) electrons. The van der Waals surface area contributed by atoms with Crippen molar-refractivity contribution in [3.63, 3.8) is 0 Å². The Morgan fingerprint density at radius 1 is 1.45 bits per heavy atom. The van der Waals surface area contributed by atoms with Gasteiger partial charge in [0.1, 0.15) is 0 Å². The molecule has 1 nitrogen and oxygen atoms in total. The highest BCUT2D eigenvalue weighted by atomic mass is 16.2. The Morgan fingerprint density at radius 2 is 2.18 bits per heavy atom. The summed E-state index contributed by atoms with van der Waals surface area (Å²) in [5, 5.41) is 8.94. The van der Waals surface area contributed by atoms with Gasteiger partial charge in [-0.25, -0.2) is 0 Å². The summed E-state index contributed by atoms with van der Waals surface area (Å²) in [6.45, 7) is 4.17. The molecule has 0 bridgehead atoms. The van der Waals surface area contributed by atoms with E-state index in [9.17, 15) is 0 Å². The van der Waals surface area contributed by atoms with Crippen LogP contribution in [0.5, 0.6) is 0 Å². The average molecular weight is 148 g/mol. The summed E-state index contributed by atoms with van der Waals surface area (Å²) in [7, 11) is 0.156. The van der Waals surface area contributed by atoms with E-state index in [1.54, 1.807) is 0 Å². The van der Waals surface area contributed by atoms with E-state index in [1.165, 1.54) is 11.1 Å². The second kappa shape index (κ2) is 3.58. The molecule has 11 heavy (non-hydrogen) atoms. The minimum absolute atomic E-state index is 0.156. The molecule has 0 saturated carbocycles.